The molecule has 1 aromatic heterocycles. The highest BCUT2D eigenvalue weighted by Gasteiger charge is 2.41. The van der Waals surface area contributed by atoms with Crippen molar-refractivity contribution in [3.8, 4) is 5.75 Å². The Hall–Kier alpha value is -3.46. The van der Waals surface area contributed by atoms with Gasteiger partial charge in [-0.25, -0.2) is 18.4 Å². The predicted octanol–water partition coefficient (Wildman–Crippen LogP) is 6.41. The van der Waals surface area contributed by atoms with Crippen LogP contribution in [-0.4, -0.2) is 51.8 Å². The molecule has 0 spiro atoms. The van der Waals surface area contributed by atoms with Crippen molar-refractivity contribution in [3.63, 3.8) is 0 Å². The van der Waals surface area contributed by atoms with Crippen LogP contribution >= 0.6 is 0 Å². The summed E-state index contributed by atoms with van der Waals surface area (Å²) in [5.41, 5.74) is 2.33. The minimum absolute atomic E-state index is 0.100. The van der Waals surface area contributed by atoms with Crippen molar-refractivity contribution in [3.05, 3.63) is 64.8 Å². The number of halogens is 2. The molecule has 9 heteroatoms. The van der Waals surface area contributed by atoms with Crippen molar-refractivity contribution in [1.29, 1.82) is 0 Å². The van der Waals surface area contributed by atoms with E-state index in [4.69, 9.17) is 9.47 Å². The molecular weight excluding hydrogens is 482 g/mol. The predicted molar refractivity (Wildman–Crippen MR) is 136 cm³/mol. The van der Waals surface area contributed by atoms with Gasteiger partial charge in [0, 0.05) is 49.1 Å². The Morgan fingerprint density at radius 3 is 2.43 bits per heavy atom. The smallest absolute Gasteiger partial charge is 0.419 e. The number of likely N-dealkylation sites (tertiary alicyclic amines) is 1. The summed E-state index contributed by atoms with van der Waals surface area (Å²) >= 11 is 0. The van der Waals surface area contributed by atoms with Crippen LogP contribution < -0.4 is 4.74 Å². The topological polar surface area (TPSA) is 81.0 Å². The second-order valence-electron chi connectivity index (χ2n) is 10.5. The van der Waals surface area contributed by atoms with Crippen molar-refractivity contribution in [2.45, 2.75) is 64.6 Å². The summed E-state index contributed by atoms with van der Waals surface area (Å²) in [4.78, 5) is 26.1. The molecule has 1 unspecified atom stereocenters. The molecule has 1 atom stereocenters. The summed E-state index contributed by atoms with van der Waals surface area (Å²) < 4.78 is 41.8. The van der Waals surface area contributed by atoms with E-state index in [0.29, 0.717) is 23.4 Å². The van der Waals surface area contributed by atoms with Crippen LogP contribution in [0.4, 0.5) is 13.6 Å². The summed E-state index contributed by atoms with van der Waals surface area (Å²) in [6.07, 6.45) is 0.486. The molecule has 7 nitrogen and oxygen atoms in total. The van der Waals surface area contributed by atoms with Gasteiger partial charge in [0.15, 0.2) is 0 Å². The number of hydrogen-bond acceptors (Lipinski definition) is 5. The lowest BCUT2D eigenvalue weighted by Gasteiger charge is -2.40. The zero-order valence-electron chi connectivity index (χ0n) is 21.7. The Kier molecular flexibility index (Phi) is 7.03. The zero-order chi connectivity index (χ0) is 27.1. The first-order valence-corrected chi connectivity index (χ1v) is 12.2. The van der Waals surface area contributed by atoms with Gasteiger partial charge in [-0.05, 0) is 63.1 Å². The molecule has 1 aliphatic rings. The van der Waals surface area contributed by atoms with Crippen LogP contribution in [0.2, 0.25) is 0 Å². The van der Waals surface area contributed by atoms with E-state index in [0.717, 1.165) is 16.5 Å². The van der Waals surface area contributed by atoms with E-state index in [-0.39, 0.29) is 24.9 Å². The van der Waals surface area contributed by atoms with Gasteiger partial charge in [0.25, 0.3) is 5.92 Å². The molecule has 2 aromatic carbocycles. The highest BCUT2D eigenvalue weighted by molar-refractivity contribution is 5.95. The van der Waals surface area contributed by atoms with Crippen LogP contribution in [0.5, 0.6) is 5.75 Å². The standard InChI is InChI=1S/C28H32F2N2O5/c1-17-14-23(36-5)21(20-10-12-32(24(17)20)26(35)37-27(2,3)4)16-31-13-11-28(29,30)15-22(31)18-6-8-19(9-7-18)25(33)34/h6-10,12,14,22H,11,13,15-16H2,1-5H3,(H,33,34). The number of hydrogen-bond donors (Lipinski definition) is 1. The van der Waals surface area contributed by atoms with Crippen molar-refractivity contribution < 1.29 is 33.0 Å². The van der Waals surface area contributed by atoms with E-state index in [9.17, 15) is 23.5 Å². The Labute approximate surface area is 214 Å². The molecule has 1 saturated heterocycles. The third-order valence-electron chi connectivity index (χ3n) is 6.64. The molecule has 2 heterocycles. The van der Waals surface area contributed by atoms with Gasteiger partial charge in [-0.15, -0.1) is 0 Å². The third kappa shape index (κ3) is 5.61. The summed E-state index contributed by atoms with van der Waals surface area (Å²) in [7, 11) is 1.56. The molecule has 0 bridgehead atoms. The quantitative estimate of drug-likeness (QED) is 0.424. The number of methoxy groups -OCH3 is 1. The van der Waals surface area contributed by atoms with E-state index < -0.39 is 29.6 Å². The van der Waals surface area contributed by atoms with Gasteiger partial charge in [-0.1, -0.05) is 12.1 Å². The van der Waals surface area contributed by atoms with Gasteiger partial charge in [-0.2, -0.15) is 0 Å². The number of alkyl halides is 2. The molecule has 3 aromatic rings. The molecule has 1 aliphatic heterocycles. The van der Waals surface area contributed by atoms with Crippen LogP contribution in [0.15, 0.2) is 42.6 Å². The average molecular weight is 515 g/mol. The number of fused-ring (bicyclic) bond motifs is 1. The number of carboxylic acids is 1. The van der Waals surface area contributed by atoms with Gasteiger partial charge in [0.1, 0.15) is 11.4 Å². The van der Waals surface area contributed by atoms with Gasteiger partial charge >= 0.3 is 12.1 Å². The Morgan fingerprint density at radius 1 is 1.16 bits per heavy atom. The van der Waals surface area contributed by atoms with E-state index in [1.165, 1.54) is 16.7 Å². The van der Waals surface area contributed by atoms with Gasteiger partial charge < -0.3 is 14.6 Å². The lowest BCUT2D eigenvalue weighted by molar-refractivity contribution is -0.0815. The van der Waals surface area contributed by atoms with Crippen LogP contribution in [0.25, 0.3) is 10.9 Å². The molecule has 1 N–H and O–H groups in total. The minimum atomic E-state index is -2.83. The maximum Gasteiger partial charge on any atom is 0.419 e. The number of aryl methyl sites for hydroxylation is 1. The fourth-order valence-electron chi connectivity index (χ4n) is 4.92. The average Bonchev–Trinajstić information content (AvgIpc) is 3.26. The first-order valence-electron chi connectivity index (χ1n) is 12.2. The third-order valence-corrected chi connectivity index (χ3v) is 6.64. The van der Waals surface area contributed by atoms with Crippen LogP contribution in [0.1, 0.15) is 66.7 Å². The SMILES string of the molecule is COc1cc(C)c2c(ccn2C(=O)OC(C)(C)C)c1CN1CCC(F)(F)CC1c1ccc(C(=O)O)cc1. The number of carbonyl (C=O) groups is 2. The van der Waals surface area contributed by atoms with Gasteiger partial charge in [0.2, 0.25) is 0 Å². The van der Waals surface area contributed by atoms with E-state index in [1.54, 1.807) is 46.2 Å². The monoisotopic (exact) mass is 514 g/mol. The van der Waals surface area contributed by atoms with Crippen LogP contribution in [0.3, 0.4) is 0 Å². The summed E-state index contributed by atoms with van der Waals surface area (Å²) in [5.74, 6) is -3.30. The molecule has 4 rings (SSSR count). The van der Waals surface area contributed by atoms with E-state index >= 15 is 0 Å². The Balaban J connectivity index is 1.75. The number of piperidine rings is 1. The molecule has 198 valence electrons. The number of nitrogens with zero attached hydrogens (tertiary/aromatic N) is 2. The molecule has 37 heavy (non-hydrogen) atoms. The Morgan fingerprint density at radius 2 is 1.84 bits per heavy atom. The second-order valence-corrected chi connectivity index (χ2v) is 10.5. The highest BCUT2D eigenvalue weighted by atomic mass is 19.3. The van der Waals surface area contributed by atoms with Crippen molar-refractivity contribution in [1.82, 2.24) is 9.47 Å². The normalized spacial score (nSPS) is 18.1. The Bertz CT molecular complexity index is 1330. The number of carboxylic acid groups (broad SMARTS) is 1. The molecule has 0 saturated carbocycles. The van der Waals surface area contributed by atoms with Crippen molar-refractivity contribution in [2.75, 3.05) is 13.7 Å². The molecule has 0 radical (unpaired) electrons. The fraction of sp³-hybridized carbons (Fsp3) is 0.429. The first-order chi connectivity index (χ1) is 17.3. The number of rotatable bonds is 5. The number of aromatic nitrogens is 1. The van der Waals surface area contributed by atoms with Crippen molar-refractivity contribution in [2.24, 2.45) is 0 Å². The van der Waals surface area contributed by atoms with Crippen LogP contribution in [0, 0.1) is 6.92 Å². The fourth-order valence-corrected chi connectivity index (χ4v) is 4.92. The van der Waals surface area contributed by atoms with Crippen molar-refractivity contribution >= 4 is 23.0 Å². The molecular formula is C28H32F2N2O5. The zero-order valence-corrected chi connectivity index (χ0v) is 21.7. The minimum Gasteiger partial charge on any atom is -0.496 e. The lowest BCUT2D eigenvalue weighted by atomic mass is 9.91. The molecule has 1 fully saturated rings. The number of benzene rings is 2. The maximum absolute atomic E-state index is 14.5. The molecule has 0 amide bonds. The number of ether oxygens (including phenoxy) is 2. The largest absolute Gasteiger partial charge is 0.496 e. The van der Waals surface area contributed by atoms with E-state index in [1.807, 2.05) is 24.0 Å². The lowest BCUT2D eigenvalue weighted by Crippen LogP contribution is -2.41. The van der Waals surface area contributed by atoms with E-state index in [2.05, 4.69) is 0 Å². The summed E-state index contributed by atoms with van der Waals surface area (Å²) in [5, 5.41) is 10.00. The first kappa shape index (κ1) is 26.6. The second kappa shape index (κ2) is 9.78. The summed E-state index contributed by atoms with van der Waals surface area (Å²) in [6, 6.07) is 9.11. The summed E-state index contributed by atoms with van der Waals surface area (Å²) in [6.45, 7) is 7.72. The van der Waals surface area contributed by atoms with Crippen LogP contribution in [-0.2, 0) is 11.3 Å². The highest BCUT2D eigenvalue weighted by Crippen LogP contribution is 2.42. The number of carbonyl (C=O) groups excluding carboxylic acids is 1. The van der Waals surface area contributed by atoms with Gasteiger partial charge in [0.05, 0.1) is 18.2 Å². The number of aromatic carboxylic acids is 1. The van der Waals surface area contributed by atoms with Gasteiger partial charge in [-0.3, -0.25) is 9.47 Å². The maximum atomic E-state index is 14.5. The molecule has 0 aliphatic carbocycles.